The zero-order valence-electron chi connectivity index (χ0n) is 18.0. The lowest BCUT2D eigenvalue weighted by Crippen LogP contribution is -2.49. The molecule has 172 valence electrons. The van der Waals surface area contributed by atoms with Crippen LogP contribution >= 0.6 is 0 Å². The quantitative estimate of drug-likeness (QED) is 0.448. The Kier molecular flexibility index (Phi) is 8.24. The van der Waals surface area contributed by atoms with E-state index in [1.807, 2.05) is 37.3 Å². The van der Waals surface area contributed by atoms with Gasteiger partial charge in [0.2, 0.25) is 21.8 Å². The van der Waals surface area contributed by atoms with E-state index in [1.165, 1.54) is 12.1 Å². The molecule has 0 aromatic heterocycles. The maximum atomic E-state index is 12.6. The van der Waals surface area contributed by atoms with Crippen LogP contribution in [0.25, 0.3) is 0 Å². The second kappa shape index (κ2) is 11.1. The average Bonchev–Trinajstić information content (AvgIpc) is 3.58. The lowest BCUT2D eigenvalue weighted by Gasteiger charge is -2.19. The number of hydrogen-bond donors (Lipinski definition) is 3. The summed E-state index contributed by atoms with van der Waals surface area (Å²) in [4.78, 5) is 25.1. The summed E-state index contributed by atoms with van der Waals surface area (Å²) in [5.41, 5.74) is 0.931. The number of rotatable bonds is 12. The second-order valence-corrected chi connectivity index (χ2v) is 9.41. The van der Waals surface area contributed by atoms with E-state index >= 15 is 0 Å². The van der Waals surface area contributed by atoms with E-state index < -0.39 is 22.0 Å². The van der Waals surface area contributed by atoms with E-state index in [9.17, 15) is 18.0 Å². The van der Waals surface area contributed by atoms with Crippen molar-refractivity contribution in [2.24, 2.45) is 0 Å². The summed E-state index contributed by atoms with van der Waals surface area (Å²) in [6, 6.07) is 15.0. The van der Waals surface area contributed by atoms with Crippen molar-refractivity contribution in [1.82, 2.24) is 15.4 Å². The van der Waals surface area contributed by atoms with Crippen LogP contribution in [0.1, 0.15) is 31.7 Å². The van der Waals surface area contributed by atoms with E-state index in [0.29, 0.717) is 18.8 Å². The molecule has 1 unspecified atom stereocenters. The smallest absolute Gasteiger partial charge is 0.243 e. The van der Waals surface area contributed by atoms with E-state index in [2.05, 4.69) is 15.4 Å². The van der Waals surface area contributed by atoms with E-state index in [-0.39, 0.29) is 29.8 Å². The third kappa shape index (κ3) is 7.35. The molecule has 3 N–H and O–H groups in total. The van der Waals surface area contributed by atoms with Gasteiger partial charge in [0, 0.05) is 25.4 Å². The molecule has 32 heavy (non-hydrogen) atoms. The summed E-state index contributed by atoms with van der Waals surface area (Å²) in [6.45, 7) is 2.25. The predicted octanol–water partition coefficient (Wildman–Crippen LogP) is 1.76. The minimum absolute atomic E-state index is 0.0797. The topological polar surface area (TPSA) is 114 Å². The Morgan fingerprint density at radius 1 is 1.06 bits per heavy atom. The van der Waals surface area contributed by atoms with Gasteiger partial charge >= 0.3 is 0 Å². The highest BCUT2D eigenvalue weighted by Gasteiger charge is 2.28. The van der Waals surface area contributed by atoms with Crippen molar-refractivity contribution in [1.29, 1.82) is 0 Å². The molecule has 0 aliphatic heterocycles. The first-order valence-corrected chi connectivity index (χ1v) is 12.2. The second-order valence-electron chi connectivity index (χ2n) is 7.64. The van der Waals surface area contributed by atoms with Crippen molar-refractivity contribution in [3.63, 3.8) is 0 Å². The van der Waals surface area contributed by atoms with Gasteiger partial charge in [-0.2, -0.15) is 0 Å². The van der Waals surface area contributed by atoms with Crippen molar-refractivity contribution in [3.05, 3.63) is 60.2 Å². The molecule has 1 aliphatic rings. The number of hydrogen-bond acceptors (Lipinski definition) is 5. The maximum absolute atomic E-state index is 12.6. The Balaban J connectivity index is 1.52. The molecule has 2 aromatic carbocycles. The number of amides is 2. The zero-order valence-corrected chi connectivity index (χ0v) is 18.9. The van der Waals surface area contributed by atoms with Crippen LogP contribution in [0.5, 0.6) is 5.75 Å². The van der Waals surface area contributed by atoms with Gasteiger partial charge in [-0.1, -0.05) is 30.3 Å². The average molecular weight is 460 g/mol. The Hall–Kier alpha value is -2.91. The van der Waals surface area contributed by atoms with Gasteiger partial charge in [-0.05, 0) is 49.6 Å². The van der Waals surface area contributed by atoms with Gasteiger partial charge in [-0.3, -0.25) is 9.59 Å². The number of sulfonamides is 1. The van der Waals surface area contributed by atoms with Gasteiger partial charge in [0.05, 0.1) is 11.5 Å². The molecule has 0 bridgehead atoms. The minimum Gasteiger partial charge on any atom is -0.494 e. The Morgan fingerprint density at radius 3 is 2.38 bits per heavy atom. The Labute approximate surface area is 188 Å². The molecule has 2 amide bonds. The van der Waals surface area contributed by atoms with Crippen LogP contribution in [0.15, 0.2) is 59.5 Å². The molecule has 9 heteroatoms. The SMILES string of the molecule is CCOc1ccc(S(=O)(=O)NCCC(=O)NC(Cc2ccccc2)C(=O)NC2CC2)cc1. The number of carbonyl (C=O) groups is 2. The molecule has 3 rings (SSSR count). The third-order valence-electron chi connectivity index (χ3n) is 4.95. The number of carbonyl (C=O) groups excluding carboxylic acids is 2. The van der Waals surface area contributed by atoms with Crippen molar-refractivity contribution >= 4 is 21.8 Å². The molecular formula is C23H29N3O5S. The summed E-state index contributed by atoms with van der Waals surface area (Å²) >= 11 is 0. The standard InChI is InChI=1S/C23H29N3O5S/c1-2-31-19-10-12-20(13-11-19)32(29,30)24-15-14-22(27)26-21(23(28)25-18-8-9-18)16-17-6-4-3-5-7-17/h3-7,10-13,18,21,24H,2,8-9,14-16H2,1H3,(H,25,28)(H,26,27). The minimum atomic E-state index is -3.75. The summed E-state index contributed by atoms with van der Waals surface area (Å²) in [7, 11) is -3.75. The van der Waals surface area contributed by atoms with Crippen LogP contribution < -0.4 is 20.1 Å². The van der Waals surface area contributed by atoms with Gasteiger partial charge in [0.1, 0.15) is 11.8 Å². The fraction of sp³-hybridized carbons (Fsp3) is 0.391. The summed E-state index contributed by atoms with van der Waals surface area (Å²) in [6.07, 6.45) is 2.18. The summed E-state index contributed by atoms with van der Waals surface area (Å²) in [5.74, 6) is -0.0364. The van der Waals surface area contributed by atoms with Gasteiger partial charge in [0.25, 0.3) is 0 Å². The first-order valence-electron chi connectivity index (χ1n) is 10.7. The van der Waals surface area contributed by atoms with Crippen molar-refractivity contribution < 1.29 is 22.7 Å². The number of benzene rings is 2. The summed E-state index contributed by atoms with van der Waals surface area (Å²) < 4.78 is 32.6. The fourth-order valence-corrected chi connectivity index (χ4v) is 4.15. The number of ether oxygens (including phenoxy) is 1. The van der Waals surface area contributed by atoms with Gasteiger partial charge in [-0.15, -0.1) is 0 Å². The van der Waals surface area contributed by atoms with Crippen molar-refractivity contribution in [3.8, 4) is 5.75 Å². The van der Waals surface area contributed by atoms with E-state index in [0.717, 1.165) is 18.4 Å². The molecule has 1 aliphatic carbocycles. The van der Waals surface area contributed by atoms with E-state index in [1.54, 1.807) is 12.1 Å². The lowest BCUT2D eigenvalue weighted by molar-refractivity contribution is -0.129. The molecule has 1 saturated carbocycles. The van der Waals surface area contributed by atoms with Crippen LogP contribution in [0.4, 0.5) is 0 Å². The van der Waals surface area contributed by atoms with Gasteiger partial charge in [0.15, 0.2) is 0 Å². The predicted molar refractivity (Wildman–Crippen MR) is 121 cm³/mol. The number of nitrogens with one attached hydrogen (secondary N) is 3. The molecular weight excluding hydrogens is 430 g/mol. The molecule has 0 heterocycles. The third-order valence-corrected chi connectivity index (χ3v) is 6.42. The van der Waals surface area contributed by atoms with E-state index in [4.69, 9.17) is 4.74 Å². The van der Waals surface area contributed by atoms with Crippen LogP contribution in [0.3, 0.4) is 0 Å². The largest absolute Gasteiger partial charge is 0.494 e. The first kappa shape index (κ1) is 23.7. The molecule has 1 atom stereocenters. The normalized spacial score (nSPS) is 14.4. The maximum Gasteiger partial charge on any atom is 0.243 e. The lowest BCUT2D eigenvalue weighted by atomic mass is 10.0. The highest BCUT2D eigenvalue weighted by atomic mass is 32.2. The van der Waals surface area contributed by atoms with Crippen molar-refractivity contribution in [2.45, 2.75) is 49.6 Å². The summed E-state index contributed by atoms with van der Waals surface area (Å²) in [5, 5.41) is 5.66. The molecule has 8 nitrogen and oxygen atoms in total. The molecule has 1 fully saturated rings. The monoisotopic (exact) mass is 459 g/mol. The Morgan fingerprint density at radius 2 is 1.75 bits per heavy atom. The zero-order chi connectivity index (χ0) is 23.0. The molecule has 0 radical (unpaired) electrons. The van der Waals surface area contributed by atoms with Crippen LogP contribution in [0, 0.1) is 0 Å². The molecule has 0 spiro atoms. The van der Waals surface area contributed by atoms with Crippen molar-refractivity contribution in [2.75, 3.05) is 13.2 Å². The highest BCUT2D eigenvalue weighted by molar-refractivity contribution is 7.89. The van der Waals surface area contributed by atoms with Gasteiger partial charge in [-0.25, -0.2) is 13.1 Å². The highest BCUT2D eigenvalue weighted by Crippen LogP contribution is 2.19. The fourth-order valence-electron chi connectivity index (χ4n) is 3.12. The van der Waals surface area contributed by atoms with Crippen LogP contribution in [-0.2, 0) is 26.0 Å². The molecule has 0 saturated heterocycles. The first-order chi connectivity index (χ1) is 15.4. The van der Waals surface area contributed by atoms with Crippen LogP contribution in [0.2, 0.25) is 0 Å². The van der Waals surface area contributed by atoms with Gasteiger partial charge < -0.3 is 15.4 Å². The Bertz CT molecular complexity index is 1010. The van der Waals surface area contributed by atoms with Crippen LogP contribution in [-0.4, -0.2) is 45.5 Å². The molecule has 2 aromatic rings.